The Bertz CT molecular complexity index is 863. The van der Waals surface area contributed by atoms with Gasteiger partial charge in [0.2, 0.25) is 0 Å². The molecule has 7 heteroatoms. The van der Waals surface area contributed by atoms with Gasteiger partial charge >= 0.3 is 11.8 Å². The Balaban J connectivity index is 1.59. The number of nitrogens with one attached hydrogen (secondary N) is 1. The minimum absolute atomic E-state index is 0.181. The van der Waals surface area contributed by atoms with Gasteiger partial charge in [-0.15, -0.1) is 0 Å². The van der Waals surface area contributed by atoms with Crippen molar-refractivity contribution in [1.29, 1.82) is 0 Å². The summed E-state index contributed by atoms with van der Waals surface area (Å²) in [5.74, 6) is -0.420. The molecule has 0 aliphatic carbocycles. The standard InChI is InChI=1S/C17H19N3O4/c1-2-19(11-13-7-10-23-12-13)16(21)18-8-9-20-14-5-3-4-6-15(14)24-17(20)22/h3-7,10,12H,2,8-9,11H2,1H3,(H,18,21). The maximum atomic E-state index is 12.3. The van der Waals surface area contributed by atoms with E-state index in [2.05, 4.69) is 5.32 Å². The molecule has 2 aromatic heterocycles. The van der Waals surface area contributed by atoms with Crippen LogP contribution in [0, 0.1) is 0 Å². The molecular weight excluding hydrogens is 310 g/mol. The van der Waals surface area contributed by atoms with Crippen molar-refractivity contribution in [3.05, 3.63) is 59.0 Å². The monoisotopic (exact) mass is 329 g/mol. The molecular formula is C17H19N3O4. The molecule has 1 aromatic carbocycles. The Kier molecular flexibility index (Phi) is 4.69. The minimum atomic E-state index is -0.420. The van der Waals surface area contributed by atoms with Crippen LogP contribution in [0.5, 0.6) is 0 Å². The van der Waals surface area contributed by atoms with Crippen LogP contribution in [-0.4, -0.2) is 28.6 Å². The highest BCUT2D eigenvalue weighted by atomic mass is 16.4. The third-order valence-corrected chi connectivity index (χ3v) is 3.81. The van der Waals surface area contributed by atoms with Crippen LogP contribution in [-0.2, 0) is 13.1 Å². The summed E-state index contributed by atoms with van der Waals surface area (Å²) in [5.41, 5.74) is 2.20. The van der Waals surface area contributed by atoms with Crippen LogP contribution in [0.3, 0.4) is 0 Å². The Labute approximate surface area is 138 Å². The quantitative estimate of drug-likeness (QED) is 0.753. The first-order valence-corrected chi connectivity index (χ1v) is 7.81. The van der Waals surface area contributed by atoms with Crippen molar-refractivity contribution in [3.8, 4) is 0 Å². The van der Waals surface area contributed by atoms with Gasteiger partial charge < -0.3 is 19.1 Å². The van der Waals surface area contributed by atoms with Crippen molar-refractivity contribution in [2.75, 3.05) is 13.1 Å². The second-order valence-corrected chi connectivity index (χ2v) is 5.37. The van der Waals surface area contributed by atoms with Gasteiger partial charge in [0.05, 0.1) is 24.6 Å². The molecule has 0 aliphatic rings. The zero-order valence-electron chi connectivity index (χ0n) is 13.4. The molecule has 0 atom stereocenters. The number of hydrogen-bond donors (Lipinski definition) is 1. The first-order chi connectivity index (χ1) is 11.7. The number of urea groups is 1. The van der Waals surface area contributed by atoms with Gasteiger partial charge in [-0.25, -0.2) is 9.59 Å². The fraction of sp³-hybridized carbons (Fsp3) is 0.294. The van der Waals surface area contributed by atoms with Gasteiger partial charge in [0, 0.05) is 25.2 Å². The fourth-order valence-electron chi connectivity index (χ4n) is 2.54. The molecule has 0 saturated carbocycles. The van der Waals surface area contributed by atoms with Crippen LogP contribution in [0.4, 0.5) is 4.79 Å². The van der Waals surface area contributed by atoms with E-state index in [0.717, 1.165) is 11.1 Å². The third kappa shape index (κ3) is 3.34. The summed E-state index contributed by atoms with van der Waals surface area (Å²) >= 11 is 0. The van der Waals surface area contributed by atoms with E-state index in [-0.39, 0.29) is 6.03 Å². The lowest BCUT2D eigenvalue weighted by molar-refractivity contribution is 0.197. The van der Waals surface area contributed by atoms with Crippen molar-refractivity contribution in [2.24, 2.45) is 0 Å². The number of rotatable bonds is 6. The maximum absolute atomic E-state index is 12.3. The van der Waals surface area contributed by atoms with Crippen LogP contribution >= 0.6 is 0 Å². The van der Waals surface area contributed by atoms with E-state index in [1.54, 1.807) is 23.5 Å². The van der Waals surface area contributed by atoms with E-state index in [1.807, 2.05) is 31.2 Å². The fourth-order valence-corrected chi connectivity index (χ4v) is 2.54. The molecule has 0 saturated heterocycles. The molecule has 0 fully saturated rings. The van der Waals surface area contributed by atoms with Crippen molar-refractivity contribution in [2.45, 2.75) is 20.0 Å². The molecule has 0 bridgehead atoms. The van der Waals surface area contributed by atoms with Crippen molar-refractivity contribution in [1.82, 2.24) is 14.8 Å². The lowest BCUT2D eigenvalue weighted by Crippen LogP contribution is -2.41. The van der Waals surface area contributed by atoms with E-state index < -0.39 is 5.76 Å². The zero-order valence-corrected chi connectivity index (χ0v) is 13.4. The molecule has 7 nitrogen and oxygen atoms in total. The van der Waals surface area contributed by atoms with Gasteiger partial charge in [0.1, 0.15) is 0 Å². The number of carbonyl (C=O) groups excluding carboxylic acids is 1. The van der Waals surface area contributed by atoms with E-state index in [1.165, 1.54) is 4.57 Å². The third-order valence-electron chi connectivity index (χ3n) is 3.81. The summed E-state index contributed by atoms with van der Waals surface area (Å²) in [4.78, 5) is 25.8. The van der Waals surface area contributed by atoms with Crippen LogP contribution in [0.2, 0.25) is 0 Å². The van der Waals surface area contributed by atoms with Crippen LogP contribution in [0.1, 0.15) is 12.5 Å². The van der Waals surface area contributed by atoms with E-state index in [4.69, 9.17) is 8.83 Å². The molecule has 0 spiro atoms. The lowest BCUT2D eigenvalue weighted by Gasteiger charge is -2.20. The summed E-state index contributed by atoms with van der Waals surface area (Å²) in [5, 5.41) is 2.83. The average molecular weight is 329 g/mol. The average Bonchev–Trinajstić information content (AvgIpc) is 3.20. The number of furan rings is 1. The lowest BCUT2D eigenvalue weighted by atomic mass is 10.3. The summed E-state index contributed by atoms with van der Waals surface area (Å²) in [6, 6.07) is 8.87. The Morgan fingerprint density at radius 1 is 1.29 bits per heavy atom. The first-order valence-electron chi connectivity index (χ1n) is 7.81. The molecule has 2 heterocycles. The summed E-state index contributed by atoms with van der Waals surface area (Å²) in [6.07, 6.45) is 3.20. The number of carbonyl (C=O) groups is 1. The Morgan fingerprint density at radius 2 is 2.12 bits per heavy atom. The molecule has 0 radical (unpaired) electrons. The minimum Gasteiger partial charge on any atom is -0.472 e. The smallest absolute Gasteiger partial charge is 0.420 e. The number of hydrogen-bond acceptors (Lipinski definition) is 4. The van der Waals surface area contributed by atoms with E-state index in [9.17, 15) is 9.59 Å². The van der Waals surface area contributed by atoms with Gasteiger partial charge in [0.15, 0.2) is 5.58 Å². The van der Waals surface area contributed by atoms with Gasteiger partial charge in [-0.2, -0.15) is 0 Å². The number of nitrogens with zero attached hydrogens (tertiary/aromatic N) is 2. The summed E-state index contributed by atoms with van der Waals surface area (Å²) in [7, 11) is 0. The molecule has 0 unspecified atom stereocenters. The number of aromatic nitrogens is 1. The normalized spacial score (nSPS) is 10.9. The molecule has 1 N–H and O–H groups in total. The predicted octanol–water partition coefficient (Wildman–Crippen LogP) is 2.42. The number of oxazole rings is 1. The highest BCUT2D eigenvalue weighted by Gasteiger charge is 2.13. The van der Waals surface area contributed by atoms with Gasteiger partial charge in [-0.3, -0.25) is 4.57 Å². The number of fused-ring (bicyclic) bond motifs is 1. The SMILES string of the molecule is CCN(Cc1ccoc1)C(=O)NCCn1c(=O)oc2ccccc21. The largest absolute Gasteiger partial charge is 0.472 e. The Hall–Kier alpha value is -2.96. The zero-order chi connectivity index (χ0) is 16.9. The van der Waals surface area contributed by atoms with E-state index >= 15 is 0 Å². The molecule has 3 rings (SSSR count). The topological polar surface area (TPSA) is 80.6 Å². The first kappa shape index (κ1) is 15.9. The van der Waals surface area contributed by atoms with Crippen LogP contribution in [0.15, 0.2) is 56.5 Å². The summed E-state index contributed by atoms with van der Waals surface area (Å²) in [6.45, 7) is 3.65. The highest BCUT2D eigenvalue weighted by Crippen LogP contribution is 2.11. The van der Waals surface area contributed by atoms with Crippen molar-refractivity contribution in [3.63, 3.8) is 0 Å². The molecule has 126 valence electrons. The molecule has 2 amide bonds. The summed E-state index contributed by atoms with van der Waals surface area (Å²) < 4.78 is 11.7. The Morgan fingerprint density at radius 3 is 2.88 bits per heavy atom. The van der Waals surface area contributed by atoms with Crippen LogP contribution in [0.25, 0.3) is 11.1 Å². The number of benzene rings is 1. The van der Waals surface area contributed by atoms with Crippen LogP contribution < -0.4 is 11.1 Å². The highest BCUT2D eigenvalue weighted by molar-refractivity contribution is 5.74. The van der Waals surface area contributed by atoms with Gasteiger partial charge in [-0.1, -0.05) is 12.1 Å². The molecule has 24 heavy (non-hydrogen) atoms. The number of para-hydroxylation sites is 2. The van der Waals surface area contributed by atoms with E-state index in [0.29, 0.717) is 31.8 Å². The molecule has 0 aliphatic heterocycles. The molecule has 3 aromatic rings. The van der Waals surface area contributed by atoms with Gasteiger partial charge in [0.25, 0.3) is 0 Å². The number of amides is 2. The second-order valence-electron chi connectivity index (χ2n) is 5.37. The second kappa shape index (κ2) is 7.08. The predicted molar refractivity (Wildman–Crippen MR) is 88.7 cm³/mol. The van der Waals surface area contributed by atoms with Crippen molar-refractivity contribution < 1.29 is 13.6 Å². The van der Waals surface area contributed by atoms with Crippen molar-refractivity contribution >= 4 is 17.1 Å². The van der Waals surface area contributed by atoms with Gasteiger partial charge in [-0.05, 0) is 25.1 Å². The maximum Gasteiger partial charge on any atom is 0.420 e.